The summed E-state index contributed by atoms with van der Waals surface area (Å²) in [6.07, 6.45) is 48.1. The lowest BCUT2D eigenvalue weighted by atomic mass is 9.99. The SMILES string of the molecule is CCCCCCCCCCCCCCCCCCCCCC(=O)OC[C@@H](COC(=O)CCCCCCCCCCCCC(C)CC)OC(=O)CCCCCCCCC. The fraction of sp³-hybridized carbons (Fsp3) is 0.942. The summed E-state index contributed by atoms with van der Waals surface area (Å²) >= 11 is 0. The molecule has 1 unspecified atom stereocenters. The second-order valence-electron chi connectivity index (χ2n) is 18.1. The van der Waals surface area contributed by atoms with Crippen molar-refractivity contribution in [2.24, 2.45) is 5.92 Å². The summed E-state index contributed by atoms with van der Waals surface area (Å²) in [6, 6.07) is 0. The minimum absolute atomic E-state index is 0.0636. The fourth-order valence-electron chi connectivity index (χ4n) is 7.83. The Morgan fingerprint density at radius 2 is 0.603 bits per heavy atom. The van der Waals surface area contributed by atoms with E-state index in [1.165, 1.54) is 186 Å². The highest BCUT2D eigenvalue weighted by Crippen LogP contribution is 2.18. The van der Waals surface area contributed by atoms with Crippen LogP contribution in [0.25, 0.3) is 0 Å². The van der Waals surface area contributed by atoms with Crippen molar-refractivity contribution in [2.75, 3.05) is 13.2 Å². The highest BCUT2D eigenvalue weighted by molar-refractivity contribution is 5.71. The molecule has 6 heteroatoms. The molecule has 0 aromatic carbocycles. The first-order valence-corrected chi connectivity index (χ1v) is 25.9. The van der Waals surface area contributed by atoms with E-state index in [1.54, 1.807) is 0 Å². The van der Waals surface area contributed by atoms with E-state index in [0.29, 0.717) is 19.3 Å². The molecular formula is C52H100O6. The first kappa shape index (κ1) is 56.4. The third-order valence-corrected chi connectivity index (χ3v) is 12.2. The van der Waals surface area contributed by atoms with Crippen LogP contribution in [0.3, 0.4) is 0 Å². The molecule has 344 valence electrons. The van der Waals surface area contributed by atoms with Crippen LogP contribution in [0.1, 0.15) is 291 Å². The number of carbonyl (C=O) groups excluding carboxylic acids is 3. The molecule has 0 amide bonds. The molecule has 6 nitrogen and oxygen atoms in total. The van der Waals surface area contributed by atoms with Crippen molar-refractivity contribution in [2.45, 2.75) is 297 Å². The van der Waals surface area contributed by atoms with Gasteiger partial charge in [0.1, 0.15) is 13.2 Å². The van der Waals surface area contributed by atoms with E-state index < -0.39 is 6.10 Å². The molecule has 0 aliphatic rings. The van der Waals surface area contributed by atoms with E-state index in [-0.39, 0.29) is 31.1 Å². The van der Waals surface area contributed by atoms with Crippen LogP contribution in [0, 0.1) is 5.92 Å². The van der Waals surface area contributed by atoms with Crippen LogP contribution < -0.4 is 0 Å². The van der Waals surface area contributed by atoms with Gasteiger partial charge in [-0.05, 0) is 25.2 Å². The highest BCUT2D eigenvalue weighted by atomic mass is 16.6. The number of carbonyl (C=O) groups is 3. The number of rotatable bonds is 47. The van der Waals surface area contributed by atoms with E-state index in [0.717, 1.165) is 63.7 Å². The molecule has 0 fully saturated rings. The number of unbranched alkanes of at least 4 members (excludes halogenated alkanes) is 33. The Labute approximate surface area is 361 Å². The molecule has 0 rings (SSSR count). The normalized spacial score (nSPS) is 12.4. The van der Waals surface area contributed by atoms with Crippen molar-refractivity contribution < 1.29 is 28.6 Å². The summed E-state index contributed by atoms with van der Waals surface area (Å²) in [5.74, 6) is 0.0166. The lowest BCUT2D eigenvalue weighted by molar-refractivity contribution is -0.167. The average molecular weight is 821 g/mol. The summed E-state index contributed by atoms with van der Waals surface area (Å²) in [6.45, 7) is 9.01. The Bertz CT molecular complexity index is 874. The first-order chi connectivity index (χ1) is 28.4. The van der Waals surface area contributed by atoms with Gasteiger partial charge in [-0.25, -0.2) is 0 Å². The average Bonchev–Trinajstić information content (AvgIpc) is 3.22. The maximum absolute atomic E-state index is 12.7. The van der Waals surface area contributed by atoms with Crippen molar-refractivity contribution in [3.8, 4) is 0 Å². The fourth-order valence-corrected chi connectivity index (χ4v) is 7.83. The zero-order valence-corrected chi connectivity index (χ0v) is 39.5. The van der Waals surface area contributed by atoms with Gasteiger partial charge in [-0.15, -0.1) is 0 Å². The molecule has 0 aliphatic carbocycles. The van der Waals surface area contributed by atoms with Crippen LogP contribution in [-0.4, -0.2) is 37.2 Å². The van der Waals surface area contributed by atoms with Gasteiger partial charge in [0.25, 0.3) is 0 Å². The number of hydrogen-bond acceptors (Lipinski definition) is 6. The van der Waals surface area contributed by atoms with Crippen LogP contribution in [-0.2, 0) is 28.6 Å². The van der Waals surface area contributed by atoms with Crippen LogP contribution >= 0.6 is 0 Å². The zero-order chi connectivity index (χ0) is 42.4. The molecule has 0 saturated heterocycles. The number of esters is 3. The molecule has 0 heterocycles. The summed E-state index contributed by atoms with van der Waals surface area (Å²) in [5, 5.41) is 0. The molecule has 0 bridgehead atoms. The minimum Gasteiger partial charge on any atom is -0.462 e. The molecule has 0 aliphatic heterocycles. The topological polar surface area (TPSA) is 78.9 Å². The van der Waals surface area contributed by atoms with Gasteiger partial charge in [0.05, 0.1) is 0 Å². The summed E-state index contributed by atoms with van der Waals surface area (Å²) in [7, 11) is 0. The maximum Gasteiger partial charge on any atom is 0.306 e. The molecule has 0 spiro atoms. The largest absolute Gasteiger partial charge is 0.462 e. The standard InChI is InChI=1S/C52H100O6/c1-5-8-10-12-14-15-16-17-18-19-20-21-22-23-24-28-32-35-39-43-50(53)56-46-49(58-52(55)45-41-37-30-13-11-9-6-2)47-57-51(54)44-40-36-33-29-26-25-27-31-34-38-42-48(4)7-3/h48-49H,5-47H2,1-4H3/t48?,49-/m0/s1. The Balaban J connectivity index is 4.14. The second-order valence-corrected chi connectivity index (χ2v) is 18.1. The molecule has 0 aromatic heterocycles. The van der Waals surface area contributed by atoms with Gasteiger partial charge in [-0.3, -0.25) is 14.4 Å². The van der Waals surface area contributed by atoms with Gasteiger partial charge in [-0.1, -0.05) is 252 Å². The van der Waals surface area contributed by atoms with Crippen molar-refractivity contribution >= 4 is 17.9 Å². The Morgan fingerprint density at radius 1 is 0.345 bits per heavy atom. The molecule has 0 aromatic rings. The van der Waals surface area contributed by atoms with Gasteiger partial charge in [0.15, 0.2) is 6.10 Å². The van der Waals surface area contributed by atoms with E-state index in [1.807, 2.05) is 0 Å². The summed E-state index contributed by atoms with van der Waals surface area (Å²) in [4.78, 5) is 37.8. The van der Waals surface area contributed by atoms with Gasteiger partial charge in [0.2, 0.25) is 0 Å². The number of hydrogen-bond donors (Lipinski definition) is 0. The zero-order valence-electron chi connectivity index (χ0n) is 39.5. The molecule has 58 heavy (non-hydrogen) atoms. The quantitative estimate of drug-likeness (QED) is 0.0346. The number of ether oxygens (including phenoxy) is 3. The molecule has 0 radical (unpaired) electrons. The third kappa shape index (κ3) is 44.0. The lowest BCUT2D eigenvalue weighted by Crippen LogP contribution is -2.30. The lowest BCUT2D eigenvalue weighted by Gasteiger charge is -2.18. The third-order valence-electron chi connectivity index (χ3n) is 12.2. The van der Waals surface area contributed by atoms with Crippen molar-refractivity contribution in [1.82, 2.24) is 0 Å². The predicted molar refractivity (Wildman–Crippen MR) is 247 cm³/mol. The van der Waals surface area contributed by atoms with Crippen molar-refractivity contribution in [3.63, 3.8) is 0 Å². The van der Waals surface area contributed by atoms with Crippen LogP contribution in [0.5, 0.6) is 0 Å². The van der Waals surface area contributed by atoms with E-state index >= 15 is 0 Å². The smallest absolute Gasteiger partial charge is 0.306 e. The summed E-state index contributed by atoms with van der Waals surface area (Å²) < 4.78 is 16.7. The Kier molecular flexibility index (Phi) is 45.2. The Morgan fingerprint density at radius 3 is 0.897 bits per heavy atom. The second kappa shape index (κ2) is 46.5. The van der Waals surface area contributed by atoms with E-state index in [4.69, 9.17) is 14.2 Å². The monoisotopic (exact) mass is 821 g/mol. The Hall–Kier alpha value is -1.59. The van der Waals surface area contributed by atoms with Crippen molar-refractivity contribution in [3.05, 3.63) is 0 Å². The van der Waals surface area contributed by atoms with Gasteiger partial charge < -0.3 is 14.2 Å². The maximum atomic E-state index is 12.7. The van der Waals surface area contributed by atoms with Gasteiger partial charge in [-0.2, -0.15) is 0 Å². The van der Waals surface area contributed by atoms with E-state index in [9.17, 15) is 14.4 Å². The first-order valence-electron chi connectivity index (χ1n) is 25.9. The van der Waals surface area contributed by atoms with Gasteiger partial charge >= 0.3 is 17.9 Å². The predicted octanol–water partition coefficient (Wildman–Crippen LogP) is 16.7. The minimum atomic E-state index is -0.759. The molecule has 0 N–H and O–H groups in total. The van der Waals surface area contributed by atoms with E-state index in [2.05, 4.69) is 27.7 Å². The highest BCUT2D eigenvalue weighted by Gasteiger charge is 2.19. The van der Waals surface area contributed by atoms with Gasteiger partial charge in [0, 0.05) is 19.3 Å². The van der Waals surface area contributed by atoms with Crippen LogP contribution in [0.15, 0.2) is 0 Å². The van der Waals surface area contributed by atoms with Crippen LogP contribution in [0.2, 0.25) is 0 Å². The van der Waals surface area contributed by atoms with Crippen LogP contribution in [0.4, 0.5) is 0 Å². The molecule has 2 atom stereocenters. The van der Waals surface area contributed by atoms with Crippen molar-refractivity contribution in [1.29, 1.82) is 0 Å². The molecule has 0 saturated carbocycles. The molecular weight excluding hydrogens is 721 g/mol. The summed E-state index contributed by atoms with van der Waals surface area (Å²) in [5.41, 5.74) is 0.